The van der Waals surface area contributed by atoms with Crippen LogP contribution in [0.25, 0.3) is 0 Å². The van der Waals surface area contributed by atoms with E-state index in [1.54, 1.807) is 30.1 Å². The number of amides is 1. The van der Waals surface area contributed by atoms with E-state index in [1.165, 1.54) is 12.1 Å². The minimum atomic E-state index is -0.295. The maximum Gasteiger partial charge on any atom is 0.269 e. The Morgan fingerprint density at radius 2 is 2.00 bits per heavy atom. The Morgan fingerprint density at radius 1 is 1.28 bits per heavy atom. The number of nitrogens with zero attached hydrogens (tertiary/aromatic N) is 2. The molecule has 0 bridgehead atoms. The third-order valence-electron chi connectivity index (χ3n) is 5.20. The van der Waals surface area contributed by atoms with E-state index in [-0.39, 0.29) is 23.1 Å². The first kappa shape index (κ1) is 20.0. The van der Waals surface area contributed by atoms with Gasteiger partial charge in [0.05, 0.1) is 6.20 Å². The molecule has 3 N–H and O–H groups in total. The van der Waals surface area contributed by atoms with Crippen molar-refractivity contribution >= 4 is 23.4 Å². The lowest BCUT2D eigenvalue weighted by Gasteiger charge is -2.28. The summed E-state index contributed by atoms with van der Waals surface area (Å²) in [5.41, 5.74) is 2.45. The molecule has 0 aliphatic carbocycles. The molecule has 1 saturated heterocycles. The van der Waals surface area contributed by atoms with E-state index in [9.17, 15) is 9.18 Å². The van der Waals surface area contributed by atoms with Gasteiger partial charge in [0.1, 0.15) is 16.9 Å². The van der Waals surface area contributed by atoms with Crippen LogP contribution in [0.5, 0.6) is 0 Å². The van der Waals surface area contributed by atoms with Gasteiger partial charge < -0.3 is 15.5 Å². The van der Waals surface area contributed by atoms with E-state index in [0.29, 0.717) is 11.6 Å². The van der Waals surface area contributed by atoms with Crippen molar-refractivity contribution in [2.75, 3.05) is 18.0 Å². The van der Waals surface area contributed by atoms with Gasteiger partial charge in [0, 0.05) is 28.4 Å². The first-order valence-corrected chi connectivity index (χ1v) is 10.9. The van der Waals surface area contributed by atoms with Crippen molar-refractivity contribution in [2.24, 2.45) is 5.92 Å². The molecule has 6 nitrogen and oxygen atoms in total. The van der Waals surface area contributed by atoms with Gasteiger partial charge in [0.25, 0.3) is 5.91 Å². The van der Waals surface area contributed by atoms with Crippen LogP contribution in [0.3, 0.4) is 0 Å². The fourth-order valence-corrected chi connectivity index (χ4v) is 5.44. The first-order valence-electron chi connectivity index (χ1n) is 10.0. The Bertz CT molecular complexity index is 875. The molecule has 8 heteroatoms. The lowest BCUT2D eigenvalue weighted by atomic mass is 9.96. The van der Waals surface area contributed by atoms with Crippen LogP contribution in [0.4, 0.5) is 10.1 Å². The summed E-state index contributed by atoms with van der Waals surface area (Å²) in [4.78, 5) is 16.5. The van der Waals surface area contributed by atoms with E-state index < -0.39 is 0 Å². The highest BCUT2D eigenvalue weighted by Crippen LogP contribution is 2.53. The number of rotatable bonds is 5. The van der Waals surface area contributed by atoms with Gasteiger partial charge in [0.15, 0.2) is 0 Å². The monoisotopic (exact) mass is 415 g/mol. The molecule has 1 aromatic carbocycles. The molecule has 0 spiro atoms. The molecule has 4 rings (SSSR count). The first-order chi connectivity index (χ1) is 14.0. The number of aromatic nitrogens is 2. The zero-order valence-corrected chi connectivity index (χ0v) is 17.4. The second-order valence-electron chi connectivity index (χ2n) is 7.71. The Balaban J connectivity index is 1.81. The summed E-state index contributed by atoms with van der Waals surface area (Å²) in [7, 11) is 0. The number of nitrogens with one attached hydrogen (secondary N) is 3. The van der Waals surface area contributed by atoms with Crippen LogP contribution in [-0.4, -0.2) is 35.2 Å². The molecule has 29 heavy (non-hydrogen) atoms. The van der Waals surface area contributed by atoms with Crippen molar-refractivity contribution in [3.05, 3.63) is 58.6 Å². The summed E-state index contributed by atoms with van der Waals surface area (Å²) < 4.78 is 13.6. The highest BCUT2D eigenvalue weighted by Gasteiger charge is 2.41. The topological polar surface area (TPSA) is 73.0 Å². The zero-order chi connectivity index (χ0) is 20.4. The standard InChI is InChI=1S/C21H26FN5OS/c1-13(2)26-20(28)18-19(14-7-9-23-10-8-14)29-21(15-11-24-25-12-15)27(18)17-5-3-16(22)4-6-17/h3-6,11-14,21,23H,7-10H2,1-2H3,(H,24,25)(H,26,28). The number of aromatic amines is 1. The fourth-order valence-electron chi connectivity index (χ4n) is 3.87. The third-order valence-corrected chi connectivity index (χ3v) is 6.69. The fraction of sp³-hybridized carbons (Fsp3) is 0.429. The third kappa shape index (κ3) is 4.18. The van der Waals surface area contributed by atoms with Crippen LogP contribution in [0.2, 0.25) is 0 Å². The Morgan fingerprint density at radius 3 is 2.62 bits per heavy atom. The molecule has 1 fully saturated rings. The van der Waals surface area contributed by atoms with Crippen LogP contribution >= 0.6 is 11.8 Å². The lowest BCUT2D eigenvalue weighted by molar-refractivity contribution is -0.118. The average molecular weight is 416 g/mol. The highest BCUT2D eigenvalue weighted by atomic mass is 32.2. The normalized spacial score (nSPS) is 20.6. The molecule has 1 unspecified atom stereocenters. The lowest BCUT2D eigenvalue weighted by Crippen LogP contribution is -2.38. The molecule has 3 heterocycles. The summed E-state index contributed by atoms with van der Waals surface area (Å²) >= 11 is 1.71. The number of benzene rings is 1. The van der Waals surface area contributed by atoms with E-state index in [0.717, 1.165) is 42.1 Å². The molecule has 1 aromatic heterocycles. The van der Waals surface area contributed by atoms with Gasteiger partial charge in [-0.05, 0) is 70.0 Å². The SMILES string of the molecule is CC(C)NC(=O)C1=C(C2CCNCC2)SC(c2cn[nH]c2)N1c1ccc(F)cc1. The highest BCUT2D eigenvalue weighted by molar-refractivity contribution is 8.03. The van der Waals surface area contributed by atoms with Crippen LogP contribution in [0.1, 0.15) is 37.6 Å². The van der Waals surface area contributed by atoms with Crippen molar-refractivity contribution in [2.45, 2.75) is 38.1 Å². The second-order valence-corrected chi connectivity index (χ2v) is 8.84. The van der Waals surface area contributed by atoms with E-state index in [1.807, 2.05) is 24.9 Å². The van der Waals surface area contributed by atoms with Gasteiger partial charge in [0.2, 0.25) is 0 Å². The van der Waals surface area contributed by atoms with E-state index in [4.69, 9.17) is 0 Å². The van der Waals surface area contributed by atoms with Gasteiger partial charge in [-0.15, -0.1) is 0 Å². The summed E-state index contributed by atoms with van der Waals surface area (Å²) in [6, 6.07) is 6.37. The molecule has 1 amide bonds. The molecule has 154 valence electrons. The minimum Gasteiger partial charge on any atom is -0.349 e. The van der Waals surface area contributed by atoms with Gasteiger partial charge in [-0.2, -0.15) is 5.10 Å². The average Bonchev–Trinajstić information content (AvgIpc) is 3.36. The van der Waals surface area contributed by atoms with Gasteiger partial charge >= 0.3 is 0 Å². The van der Waals surface area contributed by atoms with Gasteiger partial charge in [-0.3, -0.25) is 9.89 Å². The molecular weight excluding hydrogens is 389 g/mol. The van der Waals surface area contributed by atoms with Crippen LogP contribution in [0.15, 0.2) is 47.3 Å². The van der Waals surface area contributed by atoms with Gasteiger partial charge in [-0.25, -0.2) is 4.39 Å². The molecule has 0 radical (unpaired) electrons. The number of thioether (sulfide) groups is 1. The molecular formula is C21H26FN5OS. The zero-order valence-electron chi connectivity index (χ0n) is 16.6. The second kappa shape index (κ2) is 8.59. The van der Waals surface area contributed by atoms with Crippen molar-refractivity contribution < 1.29 is 9.18 Å². The number of carbonyl (C=O) groups is 1. The summed E-state index contributed by atoms with van der Waals surface area (Å²) in [5.74, 6) is -0.0541. The molecule has 0 saturated carbocycles. The number of hydrogen-bond donors (Lipinski definition) is 3. The van der Waals surface area contributed by atoms with Crippen LogP contribution < -0.4 is 15.5 Å². The number of carbonyl (C=O) groups excluding carboxylic acids is 1. The Hall–Kier alpha value is -2.32. The number of halogens is 1. The van der Waals surface area contributed by atoms with Gasteiger partial charge in [-0.1, -0.05) is 11.8 Å². The Labute approximate surface area is 174 Å². The molecule has 2 aliphatic rings. The summed E-state index contributed by atoms with van der Waals surface area (Å²) in [6.07, 6.45) is 5.64. The van der Waals surface area contributed by atoms with E-state index >= 15 is 0 Å². The van der Waals surface area contributed by atoms with Crippen LogP contribution in [0, 0.1) is 11.7 Å². The summed E-state index contributed by atoms with van der Waals surface area (Å²) in [5, 5.41) is 13.3. The van der Waals surface area contributed by atoms with Crippen molar-refractivity contribution in [3.8, 4) is 0 Å². The van der Waals surface area contributed by atoms with Crippen molar-refractivity contribution in [1.29, 1.82) is 0 Å². The van der Waals surface area contributed by atoms with Crippen LogP contribution in [-0.2, 0) is 4.79 Å². The van der Waals surface area contributed by atoms with E-state index in [2.05, 4.69) is 20.8 Å². The summed E-state index contributed by atoms with van der Waals surface area (Å²) in [6.45, 7) is 5.81. The predicted molar refractivity (Wildman–Crippen MR) is 114 cm³/mol. The minimum absolute atomic E-state index is 0.0253. The molecule has 1 atom stereocenters. The van der Waals surface area contributed by atoms with Crippen molar-refractivity contribution in [1.82, 2.24) is 20.8 Å². The Kier molecular flexibility index (Phi) is 5.91. The molecule has 2 aromatic rings. The van der Waals surface area contributed by atoms with Crippen molar-refractivity contribution in [3.63, 3.8) is 0 Å². The number of hydrogen-bond acceptors (Lipinski definition) is 5. The maximum atomic E-state index is 13.6. The smallest absolute Gasteiger partial charge is 0.269 e. The molecule has 2 aliphatic heterocycles. The number of allylic oxidation sites excluding steroid dienone is 1. The number of anilines is 1. The quantitative estimate of drug-likeness (QED) is 0.697. The largest absolute Gasteiger partial charge is 0.349 e. The number of H-pyrrole nitrogens is 1. The predicted octanol–water partition coefficient (Wildman–Crippen LogP) is 3.54. The maximum absolute atomic E-state index is 13.6. The number of piperidine rings is 1.